The van der Waals surface area contributed by atoms with Crippen LogP contribution in [-0.2, 0) is 6.54 Å². The maximum atomic E-state index is 3.75. The van der Waals surface area contributed by atoms with Gasteiger partial charge in [0.25, 0.3) is 0 Å². The maximum Gasteiger partial charge on any atom is 0.0331 e. The summed E-state index contributed by atoms with van der Waals surface area (Å²) in [5.41, 5.74) is 0.458. The summed E-state index contributed by atoms with van der Waals surface area (Å²) < 4.78 is 0. The van der Waals surface area contributed by atoms with Crippen LogP contribution in [0.3, 0.4) is 0 Å². The van der Waals surface area contributed by atoms with Crippen LogP contribution in [0.5, 0.6) is 0 Å². The molecule has 1 aromatic rings. The molecule has 0 aliphatic heterocycles. The number of alkyl halides is 1. The van der Waals surface area contributed by atoms with Gasteiger partial charge in [0.15, 0.2) is 0 Å². The lowest BCUT2D eigenvalue weighted by molar-refractivity contribution is 0.146. The lowest BCUT2D eigenvalue weighted by Gasteiger charge is -2.36. The van der Waals surface area contributed by atoms with E-state index in [0.29, 0.717) is 5.41 Å². The molecule has 2 rings (SSSR count). The van der Waals surface area contributed by atoms with Crippen molar-refractivity contribution in [2.75, 3.05) is 11.9 Å². The van der Waals surface area contributed by atoms with Crippen LogP contribution in [0.25, 0.3) is 0 Å². The first-order chi connectivity index (χ1) is 8.73. The minimum Gasteiger partial charge on any atom is -0.295 e. The summed E-state index contributed by atoms with van der Waals surface area (Å²) in [7, 11) is 0. The SMILES string of the molecule is CCC(CC)(CBr)CN(Cc1cccs1)C1CC1. The normalized spacial score (nSPS) is 16.4. The molecule has 1 fully saturated rings. The van der Waals surface area contributed by atoms with Crippen LogP contribution in [0.15, 0.2) is 17.5 Å². The molecule has 1 nitrogen and oxygen atoms in total. The van der Waals surface area contributed by atoms with Crippen LogP contribution in [0.4, 0.5) is 0 Å². The van der Waals surface area contributed by atoms with Crippen molar-refractivity contribution in [3.8, 4) is 0 Å². The zero-order valence-corrected chi connectivity index (χ0v) is 13.9. The molecule has 102 valence electrons. The van der Waals surface area contributed by atoms with Gasteiger partial charge in [-0.2, -0.15) is 0 Å². The predicted octanol–water partition coefficient (Wildman–Crippen LogP) is 4.91. The van der Waals surface area contributed by atoms with Gasteiger partial charge in [-0.15, -0.1) is 11.3 Å². The van der Waals surface area contributed by atoms with Crippen LogP contribution in [-0.4, -0.2) is 22.8 Å². The summed E-state index contributed by atoms with van der Waals surface area (Å²) in [5, 5.41) is 3.32. The highest BCUT2D eigenvalue weighted by Crippen LogP contribution is 2.36. The molecule has 0 atom stereocenters. The third-order valence-corrected chi connectivity index (χ3v) is 6.37. The third-order valence-electron chi connectivity index (χ3n) is 4.32. The molecule has 0 N–H and O–H groups in total. The van der Waals surface area contributed by atoms with Gasteiger partial charge in [0, 0.05) is 29.3 Å². The van der Waals surface area contributed by atoms with E-state index in [2.05, 4.69) is 52.2 Å². The van der Waals surface area contributed by atoms with Gasteiger partial charge in [0.05, 0.1) is 0 Å². The van der Waals surface area contributed by atoms with Gasteiger partial charge in [-0.3, -0.25) is 4.90 Å². The van der Waals surface area contributed by atoms with Gasteiger partial charge in [-0.1, -0.05) is 35.8 Å². The first kappa shape index (κ1) is 14.5. The van der Waals surface area contributed by atoms with Gasteiger partial charge < -0.3 is 0 Å². The molecule has 0 bridgehead atoms. The summed E-state index contributed by atoms with van der Waals surface area (Å²) in [6.07, 6.45) is 5.33. The minimum absolute atomic E-state index is 0.458. The number of nitrogens with zero attached hydrogens (tertiary/aromatic N) is 1. The highest BCUT2D eigenvalue weighted by molar-refractivity contribution is 9.09. The van der Waals surface area contributed by atoms with Crippen molar-refractivity contribution in [2.45, 2.75) is 52.1 Å². The van der Waals surface area contributed by atoms with Crippen molar-refractivity contribution >= 4 is 27.3 Å². The molecule has 1 aliphatic rings. The fourth-order valence-corrected chi connectivity index (χ4v) is 4.19. The Morgan fingerprint density at radius 3 is 2.56 bits per heavy atom. The molecule has 0 saturated heterocycles. The standard InChI is InChI=1S/C15H24BrNS/c1-3-15(4-2,11-16)12-17(13-7-8-13)10-14-6-5-9-18-14/h5-6,9,13H,3-4,7-8,10-12H2,1-2H3. The Labute approximate surface area is 124 Å². The van der Waals surface area contributed by atoms with Gasteiger partial charge in [-0.05, 0) is 42.5 Å². The van der Waals surface area contributed by atoms with E-state index in [-0.39, 0.29) is 0 Å². The third kappa shape index (κ3) is 3.58. The molecule has 1 saturated carbocycles. The molecular formula is C15H24BrNS. The zero-order chi connectivity index (χ0) is 13.0. The largest absolute Gasteiger partial charge is 0.295 e. The smallest absolute Gasteiger partial charge is 0.0331 e. The first-order valence-electron chi connectivity index (χ1n) is 7.05. The van der Waals surface area contributed by atoms with Crippen LogP contribution in [0, 0.1) is 5.41 Å². The monoisotopic (exact) mass is 329 g/mol. The molecule has 1 aromatic heterocycles. The van der Waals surface area contributed by atoms with Crippen molar-refractivity contribution in [2.24, 2.45) is 5.41 Å². The summed E-state index contributed by atoms with van der Waals surface area (Å²) >= 11 is 5.64. The highest BCUT2D eigenvalue weighted by atomic mass is 79.9. The number of hydrogen-bond acceptors (Lipinski definition) is 2. The van der Waals surface area contributed by atoms with Crippen molar-refractivity contribution in [1.82, 2.24) is 4.90 Å². The molecule has 18 heavy (non-hydrogen) atoms. The topological polar surface area (TPSA) is 3.24 Å². The molecule has 0 spiro atoms. The van der Waals surface area contributed by atoms with Crippen LogP contribution >= 0.6 is 27.3 Å². The van der Waals surface area contributed by atoms with Crippen molar-refractivity contribution < 1.29 is 0 Å². The lowest BCUT2D eigenvalue weighted by Crippen LogP contribution is -2.39. The average Bonchev–Trinajstić information content (AvgIpc) is 3.13. The summed E-state index contributed by atoms with van der Waals surface area (Å²) in [6.45, 7) is 7.06. The van der Waals surface area contributed by atoms with Crippen molar-refractivity contribution in [1.29, 1.82) is 0 Å². The molecule has 3 heteroatoms. The van der Waals surface area contributed by atoms with Gasteiger partial charge in [0.1, 0.15) is 0 Å². The van der Waals surface area contributed by atoms with Gasteiger partial charge in [-0.25, -0.2) is 0 Å². The Morgan fingerprint density at radius 1 is 1.39 bits per heavy atom. The number of thiophene rings is 1. The second-order valence-corrected chi connectivity index (χ2v) is 7.15. The molecule has 0 amide bonds. The fourth-order valence-electron chi connectivity index (χ4n) is 2.49. The summed E-state index contributed by atoms with van der Waals surface area (Å²) in [6, 6.07) is 5.29. The second kappa shape index (κ2) is 6.53. The molecule has 1 heterocycles. The lowest BCUT2D eigenvalue weighted by atomic mass is 9.84. The van der Waals surface area contributed by atoms with E-state index in [4.69, 9.17) is 0 Å². The van der Waals surface area contributed by atoms with E-state index < -0.39 is 0 Å². The van der Waals surface area contributed by atoms with E-state index in [1.165, 1.54) is 37.1 Å². The zero-order valence-electron chi connectivity index (χ0n) is 11.5. The molecule has 0 unspecified atom stereocenters. The molecule has 0 aromatic carbocycles. The average molecular weight is 330 g/mol. The Bertz CT molecular complexity index is 333. The van der Waals surface area contributed by atoms with Crippen LogP contribution in [0.2, 0.25) is 0 Å². The minimum atomic E-state index is 0.458. The van der Waals surface area contributed by atoms with E-state index in [0.717, 1.165) is 17.9 Å². The van der Waals surface area contributed by atoms with Crippen molar-refractivity contribution in [3.05, 3.63) is 22.4 Å². The second-order valence-electron chi connectivity index (χ2n) is 5.56. The Hall–Kier alpha value is 0.140. The molecule has 1 aliphatic carbocycles. The highest BCUT2D eigenvalue weighted by Gasteiger charge is 2.35. The van der Waals surface area contributed by atoms with Crippen LogP contribution < -0.4 is 0 Å². The Morgan fingerprint density at radius 2 is 2.11 bits per heavy atom. The van der Waals surface area contributed by atoms with Gasteiger partial charge in [0.2, 0.25) is 0 Å². The first-order valence-corrected chi connectivity index (χ1v) is 9.05. The van der Waals surface area contributed by atoms with Crippen molar-refractivity contribution in [3.63, 3.8) is 0 Å². The van der Waals surface area contributed by atoms with Crippen LogP contribution in [0.1, 0.15) is 44.4 Å². The maximum absolute atomic E-state index is 3.75. The Kier molecular flexibility index (Phi) is 5.28. The van der Waals surface area contributed by atoms with E-state index in [9.17, 15) is 0 Å². The molecule has 0 radical (unpaired) electrons. The number of hydrogen-bond donors (Lipinski definition) is 0. The summed E-state index contributed by atoms with van der Waals surface area (Å²) in [5.74, 6) is 0. The summed E-state index contributed by atoms with van der Waals surface area (Å²) in [4.78, 5) is 4.23. The predicted molar refractivity (Wildman–Crippen MR) is 84.6 cm³/mol. The fraction of sp³-hybridized carbons (Fsp3) is 0.733. The molecular weight excluding hydrogens is 306 g/mol. The van der Waals surface area contributed by atoms with E-state index in [1.54, 1.807) is 0 Å². The van der Waals surface area contributed by atoms with Gasteiger partial charge >= 0.3 is 0 Å². The number of halogens is 1. The number of rotatable bonds is 8. The Balaban J connectivity index is 2.01. The quantitative estimate of drug-likeness (QED) is 0.612. The van der Waals surface area contributed by atoms with E-state index in [1.807, 2.05) is 11.3 Å². The van der Waals surface area contributed by atoms with E-state index >= 15 is 0 Å².